The third-order valence-electron chi connectivity index (χ3n) is 4.40. The zero-order valence-electron chi connectivity index (χ0n) is 14.5. The van der Waals surface area contributed by atoms with Crippen molar-refractivity contribution in [2.24, 2.45) is 0 Å². The Kier molecular flexibility index (Phi) is 4.22. The van der Waals surface area contributed by atoms with Gasteiger partial charge >= 0.3 is 0 Å². The van der Waals surface area contributed by atoms with Gasteiger partial charge in [-0.1, -0.05) is 31.5 Å². The molecular weight excluding hydrogens is 303 g/mol. The SMILES string of the molecule is CCc1cc2c(=O)n(-c3ccc(C)cc3C)c(CC)nc2cc1F. The number of hydrogen-bond donors (Lipinski definition) is 0. The molecule has 3 rings (SSSR count). The lowest BCUT2D eigenvalue weighted by Gasteiger charge is -2.15. The lowest BCUT2D eigenvalue weighted by atomic mass is 10.1. The largest absolute Gasteiger partial charge is 0.268 e. The van der Waals surface area contributed by atoms with Crippen LogP contribution in [0.2, 0.25) is 0 Å². The summed E-state index contributed by atoms with van der Waals surface area (Å²) >= 11 is 0. The van der Waals surface area contributed by atoms with Crippen LogP contribution in [0.15, 0.2) is 35.1 Å². The minimum absolute atomic E-state index is 0.140. The zero-order chi connectivity index (χ0) is 17.4. The molecule has 0 aliphatic rings. The fraction of sp³-hybridized carbons (Fsp3) is 0.300. The van der Waals surface area contributed by atoms with Crippen LogP contribution >= 0.6 is 0 Å². The van der Waals surface area contributed by atoms with Crippen LogP contribution in [-0.2, 0) is 12.8 Å². The van der Waals surface area contributed by atoms with Crippen LogP contribution in [0.1, 0.15) is 36.4 Å². The van der Waals surface area contributed by atoms with Crippen molar-refractivity contribution in [3.05, 3.63) is 69.0 Å². The van der Waals surface area contributed by atoms with Crippen molar-refractivity contribution >= 4 is 10.9 Å². The first-order chi connectivity index (χ1) is 11.5. The summed E-state index contributed by atoms with van der Waals surface area (Å²) < 4.78 is 15.7. The maximum Gasteiger partial charge on any atom is 0.265 e. The van der Waals surface area contributed by atoms with Crippen LogP contribution in [0, 0.1) is 19.7 Å². The molecule has 0 unspecified atom stereocenters. The fourth-order valence-electron chi connectivity index (χ4n) is 3.11. The van der Waals surface area contributed by atoms with Gasteiger partial charge in [-0.2, -0.15) is 0 Å². The number of halogens is 1. The van der Waals surface area contributed by atoms with Gasteiger partial charge in [0.25, 0.3) is 5.56 Å². The molecule has 0 bridgehead atoms. The van der Waals surface area contributed by atoms with Gasteiger partial charge in [0.05, 0.1) is 16.6 Å². The topological polar surface area (TPSA) is 34.9 Å². The summed E-state index contributed by atoms with van der Waals surface area (Å²) in [4.78, 5) is 17.7. The van der Waals surface area contributed by atoms with Crippen molar-refractivity contribution in [1.82, 2.24) is 9.55 Å². The van der Waals surface area contributed by atoms with Gasteiger partial charge in [-0.25, -0.2) is 9.37 Å². The molecule has 1 aromatic heterocycles. The lowest BCUT2D eigenvalue weighted by Crippen LogP contribution is -2.24. The first-order valence-electron chi connectivity index (χ1n) is 8.28. The van der Waals surface area contributed by atoms with E-state index in [-0.39, 0.29) is 11.4 Å². The third-order valence-corrected chi connectivity index (χ3v) is 4.40. The molecule has 0 N–H and O–H groups in total. The molecule has 0 spiro atoms. The molecule has 0 saturated heterocycles. The Morgan fingerprint density at radius 3 is 2.46 bits per heavy atom. The van der Waals surface area contributed by atoms with Gasteiger partial charge in [-0.15, -0.1) is 0 Å². The van der Waals surface area contributed by atoms with E-state index in [1.54, 1.807) is 10.6 Å². The molecule has 0 aliphatic heterocycles. The number of rotatable bonds is 3. The zero-order valence-corrected chi connectivity index (χ0v) is 14.5. The van der Waals surface area contributed by atoms with Crippen LogP contribution < -0.4 is 5.56 Å². The van der Waals surface area contributed by atoms with Crippen molar-refractivity contribution < 1.29 is 4.39 Å². The Bertz CT molecular complexity index is 989. The fourth-order valence-corrected chi connectivity index (χ4v) is 3.11. The summed E-state index contributed by atoms with van der Waals surface area (Å²) in [5.74, 6) is 0.339. The summed E-state index contributed by atoms with van der Waals surface area (Å²) in [5, 5.41) is 0.463. The van der Waals surface area contributed by atoms with E-state index in [9.17, 15) is 9.18 Å². The second kappa shape index (κ2) is 6.19. The highest BCUT2D eigenvalue weighted by atomic mass is 19.1. The molecule has 24 heavy (non-hydrogen) atoms. The van der Waals surface area contributed by atoms with Crippen molar-refractivity contribution in [2.75, 3.05) is 0 Å². The van der Waals surface area contributed by atoms with Gasteiger partial charge in [0.2, 0.25) is 0 Å². The number of fused-ring (bicyclic) bond motifs is 1. The molecule has 2 aromatic carbocycles. The van der Waals surface area contributed by atoms with Crippen LogP contribution in [0.4, 0.5) is 4.39 Å². The van der Waals surface area contributed by atoms with Crippen molar-refractivity contribution in [2.45, 2.75) is 40.5 Å². The predicted octanol–water partition coefficient (Wildman–Crippen LogP) is 4.27. The maximum absolute atomic E-state index is 14.1. The Morgan fingerprint density at radius 2 is 1.83 bits per heavy atom. The highest BCUT2D eigenvalue weighted by Gasteiger charge is 2.15. The highest BCUT2D eigenvalue weighted by molar-refractivity contribution is 5.79. The standard InChI is InChI=1S/C20H21FN2O/c1-5-14-10-15-17(11-16(14)21)22-19(6-2)23(20(15)24)18-8-7-12(3)9-13(18)4/h7-11H,5-6H2,1-4H3. The van der Waals surface area contributed by atoms with Gasteiger partial charge in [0.15, 0.2) is 0 Å². The molecule has 3 nitrogen and oxygen atoms in total. The molecule has 0 atom stereocenters. The van der Waals surface area contributed by atoms with Gasteiger partial charge in [-0.3, -0.25) is 9.36 Å². The minimum atomic E-state index is -0.303. The normalized spacial score (nSPS) is 11.2. The van der Waals surface area contributed by atoms with Crippen LogP contribution in [0.5, 0.6) is 0 Å². The Hall–Kier alpha value is -2.49. The second-order valence-corrected chi connectivity index (χ2v) is 6.13. The van der Waals surface area contributed by atoms with Crippen molar-refractivity contribution in [1.29, 1.82) is 0 Å². The van der Waals surface area contributed by atoms with E-state index in [0.717, 1.165) is 16.8 Å². The quantitative estimate of drug-likeness (QED) is 0.721. The molecule has 0 aliphatic carbocycles. The summed E-state index contributed by atoms with van der Waals surface area (Å²) in [7, 11) is 0. The Labute approximate surface area is 140 Å². The van der Waals surface area contributed by atoms with Gasteiger partial charge in [0, 0.05) is 12.5 Å². The first kappa shape index (κ1) is 16.4. The molecule has 0 amide bonds. The molecular formula is C20H21FN2O. The van der Waals surface area contributed by atoms with E-state index in [4.69, 9.17) is 0 Å². The molecule has 0 fully saturated rings. The average Bonchev–Trinajstić information content (AvgIpc) is 2.55. The molecule has 0 radical (unpaired) electrons. The lowest BCUT2D eigenvalue weighted by molar-refractivity contribution is 0.613. The maximum atomic E-state index is 14.1. The summed E-state index contributed by atoms with van der Waals surface area (Å²) in [6, 6.07) is 9.00. The van der Waals surface area contributed by atoms with E-state index in [0.29, 0.717) is 35.1 Å². The van der Waals surface area contributed by atoms with E-state index >= 15 is 0 Å². The predicted molar refractivity (Wildman–Crippen MR) is 95.5 cm³/mol. The molecule has 124 valence electrons. The summed E-state index contributed by atoms with van der Waals surface area (Å²) in [6.45, 7) is 7.83. The Balaban J connectivity index is 2.40. The summed E-state index contributed by atoms with van der Waals surface area (Å²) in [5.41, 5.74) is 3.82. The molecule has 3 aromatic rings. The highest BCUT2D eigenvalue weighted by Crippen LogP contribution is 2.20. The molecule has 1 heterocycles. The number of benzene rings is 2. The van der Waals surface area contributed by atoms with Crippen LogP contribution in [-0.4, -0.2) is 9.55 Å². The number of hydrogen-bond acceptors (Lipinski definition) is 2. The second-order valence-electron chi connectivity index (χ2n) is 6.13. The minimum Gasteiger partial charge on any atom is -0.268 e. The van der Waals surface area contributed by atoms with Gasteiger partial charge < -0.3 is 0 Å². The molecule has 4 heteroatoms. The van der Waals surface area contributed by atoms with E-state index < -0.39 is 0 Å². The Morgan fingerprint density at radius 1 is 1.08 bits per heavy atom. The smallest absolute Gasteiger partial charge is 0.265 e. The number of aromatic nitrogens is 2. The van der Waals surface area contributed by atoms with Crippen molar-refractivity contribution in [3.63, 3.8) is 0 Å². The van der Waals surface area contributed by atoms with Crippen LogP contribution in [0.3, 0.4) is 0 Å². The van der Waals surface area contributed by atoms with Gasteiger partial charge in [0.1, 0.15) is 11.6 Å². The number of nitrogens with zero attached hydrogens (tertiary/aromatic N) is 2. The van der Waals surface area contributed by atoms with E-state index in [1.165, 1.54) is 6.07 Å². The van der Waals surface area contributed by atoms with E-state index in [2.05, 4.69) is 4.98 Å². The number of aryl methyl sites for hydroxylation is 4. The summed E-state index contributed by atoms with van der Waals surface area (Å²) in [6.07, 6.45) is 1.13. The average molecular weight is 324 g/mol. The molecule has 0 saturated carbocycles. The van der Waals surface area contributed by atoms with E-state index in [1.807, 2.05) is 45.9 Å². The third kappa shape index (κ3) is 2.62. The first-order valence-corrected chi connectivity index (χ1v) is 8.28. The monoisotopic (exact) mass is 324 g/mol. The van der Waals surface area contributed by atoms with Gasteiger partial charge in [-0.05, 0) is 43.5 Å². The van der Waals surface area contributed by atoms with Crippen LogP contribution in [0.25, 0.3) is 16.6 Å². The van der Waals surface area contributed by atoms with Crippen molar-refractivity contribution in [3.8, 4) is 5.69 Å².